The first-order valence-corrected chi connectivity index (χ1v) is 5.35. The third-order valence-electron chi connectivity index (χ3n) is 2.27. The molecule has 0 aliphatic carbocycles. The third kappa shape index (κ3) is 4.48. The summed E-state index contributed by atoms with van der Waals surface area (Å²) in [5.41, 5.74) is 12.8. The third-order valence-corrected chi connectivity index (χ3v) is 2.27. The minimum atomic E-state index is 0.0570. The molecule has 1 rings (SSSR count). The topological polar surface area (TPSA) is 93.5 Å². The molecule has 5 nitrogen and oxygen atoms in total. The van der Waals surface area contributed by atoms with Crippen molar-refractivity contribution in [2.75, 3.05) is 19.6 Å². The van der Waals surface area contributed by atoms with E-state index in [2.05, 4.69) is 10.5 Å². The van der Waals surface area contributed by atoms with Gasteiger partial charge >= 0.3 is 0 Å². The molecule has 88 valence electrons. The highest BCUT2D eigenvalue weighted by Gasteiger charge is 2.03. The summed E-state index contributed by atoms with van der Waals surface area (Å²) < 4.78 is 0. The molecular weight excluding hydrogens is 204 g/mol. The molecule has 1 aromatic carbocycles. The van der Waals surface area contributed by atoms with Gasteiger partial charge in [0.2, 0.25) is 0 Å². The molecule has 0 saturated carbocycles. The Morgan fingerprint density at radius 2 is 2.00 bits per heavy atom. The van der Waals surface area contributed by atoms with E-state index in [1.807, 2.05) is 12.1 Å². The normalized spacial score (nSPS) is 12.4. The number of nitrogens with zero attached hydrogens (tertiary/aromatic N) is 1. The lowest BCUT2D eigenvalue weighted by Gasteiger charge is -2.12. The standard InChI is InChI=1S/C11H18N4O/c12-5-6-14-8-10(13)7-9-1-3-11(15-16)4-2-9/h1-4,10,14H,5-8,12-13H2/t10-/m0/s1. The molecule has 0 aliphatic rings. The molecule has 5 N–H and O–H groups in total. The molecule has 0 unspecified atom stereocenters. The summed E-state index contributed by atoms with van der Waals surface area (Å²) in [6.45, 7) is 2.14. The van der Waals surface area contributed by atoms with Crippen molar-refractivity contribution in [3.63, 3.8) is 0 Å². The number of benzene rings is 1. The van der Waals surface area contributed by atoms with E-state index < -0.39 is 0 Å². The Hall–Kier alpha value is -1.30. The van der Waals surface area contributed by atoms with Gasteiger partial charge in [-0.3, -0.25) is 0 Å². The van der Waals surface area contributed by atoms with Gasteiger partial charge in [-0.25, -0.2) is 0 Å². The van der Waals surface area contributed by atoms with E-state index >= 15 is 0 Å². The summed E-state index contributed by atoms with van der Waals surface area (Å²) >= 11 is 0. The Labute approximate surface area is 95.2 Å². The van der Waals surface area contributed by atoms with E-state index in [-0.39, 0.29) is 6.04 Å². The monoisotopic (exact) mass is 222 g/mol. The first-order valence-electron chi connectivity index (χ1n) is 5.35. The molecule has 0 bridgehead atoms. The number of nitrogens with one attached hydrogen (secondary N) is 1. The molecule has 0 amide bonds. The van der Waals surface area contributed by atoms with Crippen LogP contribution in [0.3, 0.4) is 0 Å². The summed E-state index contributed by atoms with van der Waals surface area (Å²) in [6.07, 6.45) is 0.775. The molecule has 5 heteroatoms. The van der Waals surface area contributed by atoms with Crippen LogP contribution in [0.1, 0.15) is 5.56 Å². The summed E-state index contributed by atoms with van der Waals surface area (Å²) in [5, 5.41) is 6.00. The largest absolute Gasteiger partial charge is 0.329 e. The van der Waals surface area contributed by atoms with Gasteiger partial charge in [-0.2, -0.15) is 0 Å². The van der Waals surface area contributed by atoms with Crippen LogP contribution in [0.25, 0.3) is 0 Å². The van der Waals surface area contributed by atoms with Crippen LogP contribution in [0, 0.1) is 4.91 Å². The minimum Gasteiger partial charge on any atom is -0.329 e. The Balaban J connectivity index is 2.37. The smallest absolute Gasteiger partial charge is 0.108 e. The van der Waals surface area contributed by atoms with Gasteiger partial charge in [-0.05, 0) is 29.3 Å². The molecule has 0 spiro atoms. The summed E-state index contributed by atoms with van der Waals surface area (Å²) in [6, 6.07) is 7.20. The summed E-state index contributed by atoms with van der Waals surface area (Å²) in [7, 11) is 0. The maximum Gasteiger partial charge on any atom is 0.108 e. The molecule has 1 aromatic rings. The fourth-order valence-corrected chi connectivity index (χ4v) is 1.46. The number of nitrogens with two attached hydrogens (primary N) is 2. The van der Waals surface area contributed by atoms with E-state index in [1.165, 1.54) is 0 Å². The first-order chi connectivity index (χ1) is 7.76. The summed E-state index contributed by atoms with van der Waals surface area (Å²) in [5.74, 6) is 0. The second-order valence-electron chi connectivity index (χ2n) is 3.71. The van der Waals surface area contributed by atoms with Crippen LogP contribution in [-0.4, -0.2) is 25.7 Å². The van der Waals surface area contributed by atoms with E-state index in [1.54, 1.807) is 12.1 Å². The number of hydrogen-bond acceptors (Lipinski definition) is 5. The van der Waals surface area contributed by atoms with Crippen molar-refractivity contribution in [2.24, 2.45) is 16.6 Å². The van der Waals surface area contributed by atoms with Crippen molar-refractivity contribution in [3.8, 4) is 0 Å². The van der Waals surface area contributed by atoms with Crippen molar-refractivity contribution < 1.29 is 0 Å². The van der Waals surface area contributed by atoms with Crippen LogP contribution in [0.5, 0.6) is 0 Å². The maximum atomic E-state index is 10.2. The lowest BCUT2D eigenvalue weighted by Crippen LogP contribution is -2.37. The van der Waals surface area contributed by atoms with Gasteiger partial charge in [0.15, 0.2) is 0 Å². The Morgan fingerprint density at radius 1 is 1.31 bits per heavy atom. The first kappa shape index (κ1) is 12.8. The van der Waals surface area contributed by atoms with Gasteiger partial charge in [0.05, 0.1) is 0 Å². The van der Waals surface area contributed by atoms with Crippen LogP contribution in [0.4, 0.5) is 5.69 Å². The molecule has 0 heterocycles. The minimum absolute atomic E-state index is 0.0570. The highest BCUT2D eigenvalue weighted by Crippen LogP contribution is 2.12. The highest BCUT2D eigenvalue weighted by molar-refractivity contribution is 5.38. The van der Waals surface area contributed by atoms with E-state index in [9.17, 15) is 4.91 Å². The van der Waals surface area contributed by atoms with Gasteiger partial charge in [-0.1, -0.05) is 12.1 Å². The predicted molar refractivity (Wildman–Crippen MR) is 65.5 cm³/mol. The molecule has 16 heavy (non-hydrogen) atoms. The zero-order valence-electron chi connectivity index (χ0n) is 9.23. The Kier molecular flexibility index (Phi) is 5.63. The zero-order valence-corrected chi connectivity index (χ0v) is 9.23. The van der Waals surface area contributed by atoms with Crippen LogP contribution < -0.4 is 16.8 Å². The Morgan fingerprint density at radius 3 is 2.56 bits per heavy atom. The van der Waals surface area contributed by atoms with Crippen molar-refractivity contribution in [1.29, 1.82) is 0 Å². The highest BCUT2D eigenvalue weighted by atomic mass is 16.3. The summed E-state index contributed by atoms with van der Waals surface area (Å²) in [4.78, 5) is 10.2. The number of rotatable bonds is 7. The molecule has 0 aliphatic heterocycles. The maximum absolute atomic E-state index is 10.2. The fourth-order valence-electron chi connectivity index (χ4n) is 1.46. The van der Waals surface area contributed by atoms with Gasteiger partial charge in [0.25, 0.3) is 0 Å². The van der Waals surface area contributed by atoms with Gasteiger partial charge in [-0.15, -0.1) is 4.91 Å². The van der Waals surface area contributed by atoms with Gasteiger partial charge in [0.1, 0.15) is 5.69 Å². The fraction of sp³-hybridized carbons (Fsp3) is 0.455. The zero-order chi connectivity index (χ0) is 11.8. The van der Waals surface area contributed by atoms with E-state index in [0.29, 0.717) is 12.2 Å². The van der Waals surface area contributed by atoms with Crippen LogP contribution >= 0.6 is 0 Å². The second kappa shape index (κ2) is 7.05. The van der Waals surface area contributed by atoms with Crippen LogP contribution in [-0.2, 0) is 6.42 Å². The Bertz CT molecular complexity index is 312. The molecule has 1 atom stereocenters. The van der Waals surface area contributed by atoms with E-state index in [0.717, 1.165) is 25.1 Å². The van der Waals surface area contributed by atoms with E-state index in [4.69, 9.17) is 11.5 Å². The SMILES string of the molecule is NCCNC[C@@H](N)Cc1ccc(N=O)cc1. The molecular formula is C11H18N4O. The van der Waals surface area contributed by atoms with Crippen molar-refractivity contribution >= 4 is 5.69 Å². The molecule has 0 fully saturated rings. The lowest BCUT2D eigenvalue weighted by molar-refractivity contribution is 0.578. The number of nitroso groups, excluding NO2 is 1. The molecule has 0 saturated heterocycles. The molecule has 0 radical (unpaired) electrons. The average molecular weight is 222 g/mol. The number of hydrogen-bond donors (Lipinski definition) is 3. The lowest BCUT2D eigenvalue weighted by atomic mass is 10.1. The average Bonchev–Trinajstić information content (AvgIpc) is 2.30. The van der Waals surface area contributed by atoms with Crippen LogP contribution in [0.15, 0.2) is 29.4 Å². The van der Waals surface area contributed by atoms with Gasteiger partial charge < -0.3 is 16.8 Å². The van der Waals surface area contributed by atoms with Crippen LogP contribution in [0.2, 0.25) is 0 Å². The van der Waals surface area contributed by atoms with Gasteiger partial charge in [0, 0.05) is 25.7 Å². The van der Waals surface area contributed by atoms with Crippen molar-refractivity contribution in [2.45, 2.75) is 12.5 Å². The van der Waals surface area contributed by atoms with Crippen molar-refractivity contribution in [1.82, 2.24) is 5.32 Å². The second-order valence-corrected chi connectivity index (χ2v) is 3.71. The van der Waals surface area contributed by atoms with Crippen molar-refractivity contribution in [3.05, 3.63) is 34.7 Å². The molecule has 0 aromatic heterocycles. The quantitative estimate of drug-likeness (QED) is 0.462. The predicted octanol–water partition coefficient (Wildman–Crippen LogP) is 0.503.